The molecule has 1 N–H and O–H groups in total. The summed E-state index contributed by atoms with van der Waals surface area (Å²) in [6.07, 6.45) is 6.31. The van der Waals surface area contributed by atoms with E-state index in [4.69, 9.17) is 9.47 Å². The molecule has 7 nitrogen and oxygen atoms in total. The predicted octanol–water partition coefficient (Wildman–Crippen LogP) is 1.66. The molecule has 0 saturated carbocycles. The highest BCUT2D eigenvalue weighted by molar-refractivity contribution is 5.94. The van der Waals surface area contributed by atoms with Crippen LogP contribution in [0.15, 0.2) is 36.9 Å². The highest BCUT2D eigenvalue weighted by Gasteiger charge is 2.16. The summed E-state index contributed by atoms with van der Waals surface area (Å²) < 4.78 is 13.0. The molecular formula is C17H22N4O3. The van der Waals surface area contributed by atoms with E-state index in [-0.39, 0.29) is 12.0 Å². The van der Waals surface area contributed by atoms with Gasteiger partial charge in [0.05, 0.1) is 6.10 Å². The lowest BCUT2D eigenvalue weighted by Crippen LogP contribution is -2.25. The molecule has 1 aliphatic heterocycles. The molecule has 0 bridgehead atoms. The van der Waals surface area contributed by atoms with Gasteiger partial charge >= 0.3 is 0 Å². The SMILES string of the molecule is O=C(NCCCn1cncn1)c1ccc(OC[C@H]2CCCO2)cc1. The average Bonchev–Trinajstić information content (AvgIpc) is 3.31. The Hall–Kier alpha value is -2.41. The van der Waals surface area contributed by atoms with Gasteiger partial charge in [0, 0.05) is 25.3 Å². The Balaban J connectivity index is 1.38. The maximum absolute atomic E-state index is 12.1. The number of aromatic nitrogens is 3. The first-order chi connectivity index (χ1) is 11.8. The molecule has 2 aromatic rings. The van der Waals surface area contributed by atoms with E-state index in [1.54, 1.807) is 23.1 Å². The Labute approximate surface area is 141 Å². The molecule has 7 heteroatoms. The molecule has 1 aliphatic rings. The van der Waals surface area contributed by atoms with Crippen molar-refractivity contribution in [2.75, 3.05) is 19.8 Å². The first-order valence-electron chi connectivity index (χ1n) is 8.26. The fourth-order valence-corrected chi connectivity index (χ4v) is 2.56. The molecule has 24 heavy (non-hydrogen) atoms. The van der Waals surface area contributed by atoms with Gasteiger partial charge in [-0.25, -0.2) is 4.98 Å². The zero-order chi connectivity index (χ0) is 16.6. The summed E-state index contributed by atoms with van der Waals surface area (Å²) in [6.45, 7) is 2.71. The number of hydrogen-bond acceptors (Lipinski definition) is 5. The number of rotatable bonds is 8. The number of amides is 1. The Morgan fingerprint density at radius 3 is 2.96 bits per heavy atom. The number of ether oxygens (including phenoxy) is 2. The Kier molecular flexibility index (Phi) is 5.79. The highest BCUT2D eigenvalue weighted by atomic mass is 16.5. The van der Waals surface area contributed by atoms with Crippen molar-refractivity contribution in [1.82, 2.24) is 20.1 Å². The first-order valence-corrected chi connectivity index (χ1v) is 8.26. The van der Waals surface area contributed by atoms with Crippen LogP contribution < -0.4 is 10.1 Å². The molecule has 0 radical (unpaired) electrons. The van der Waals surface area contributed by atoms with E-state index in [1.165, 1.54) is 6.33 Å². The van der Waals surface area contributed by atoms with Crippen LogP contribution in [0, 0.1) is 0 Å². The number of aryl methyl sites for hydroxylation is 1. The fraction of sp³-hybridized carbons (Fsp3) is 0.471. The second-order valence-electron chi connectivity index (χ2n) is 5.74. The van der Waals surface area contributed by atoms with Gasteiger partial charge in [-0.05, 0) is 43.5 Å². The summed E-state index contributed by atoms with van der Waals surface area (Å²) in [7, 11) is 0. The topological polar surface area (TPSA) is 78.3 Å². The summed E-state index contributed by atoms with van der Waals surface area (Å²) in [5.41, 5.74) is 0.625. The standard InChI is InChI=1S/C17H22N4O3/c22-17(19-8-2-9-21-13-18-12-20-21)14-4-6-15(7-5-14)24-11-16-3-1-10-23-16/h4-7,12-13,16H,1-3,8-11H2,(H,19,22)/t16-/m1/s1. The van der Waals surface area contributed by atoms with E-state index in [0.29, 0.717) is 18.7 Å². The first kappa shape index (κ1) is 16.4. The second kappa shape index (κ2) is 8.44. The molecule has 0 unspecified atom stereocenters. The highest BCUT2D eigenvalue weighted by Crippen LogP contribution is 2.16. The van der Waals surface area contributed by atoms with E-state index >= 15 is 0 Å². The van der Waals surface area contributed by atoms with Crippen molar-refractivity contribution >= 4 is 5.91 Å². The third-order valence-corrected chi connectivity index (χ3v) is 3.89. The lowest BCUT2D eigenvalue weighted by molar-refractivity contribution is 0.0679. The smallest absolute Gasteiger partial charge is 0.251 e. The number of hydrogen-bond donors (Lipinski definition) is 1. The molecule has 0 spiro atoms. The van der Waals surface area contributed by atoms with Gasteiger partial charge < -0.3 is 14.8 Å². The summed E-state index contributed by atoms with van der Waals surface area (Å²) in [5.74, 6) is 0.674. The zero-order valence-corrected chi connectivity index (χ0v) is 13.6. The van der Waals surface area contributed by atoms with Gasteiger partial charge in [-0.2, -0.15) is 5.10 Å². The van der Waals surface area contributed by atoms with Crippen LogP contribution in [-0.4, -0.2) is 46.5 Å². The van der Waals surface area contributed by atoms with Crippen LogP contribution in [0.5, 0.6) is 5.75 Å². The number of carbonyl (C=O) groups excluding carboxylic acids is 1. The number of nitrogens with one attached hydrogen (secondary N) is 1. The minimum absolute atomic E-state index is 0.0840. The summed E-state index contributed by atoms with van der Waals surface area (Å²) >= 11 is 0. The van der Waals surface area contributed by atoms with Crippen LogP contribution in [0.3, 0.4) is 0 Å². The molecule has 1 aromatic carbocycles. The maximum Gasteiger partial charge on any atom is 0.251 e. The molecule has 0 aliphatic carbocycles. The van der Waals surface area contributed by atoms with Gasteiger partial charge in [-0.3, -0.25) is 9.48 Å². The molecule has 1 aromatic heterocycles. The third-order valence-electron chi connectivity index (χ3n) is 3.89. The fourth-order valence-electron chi connectivity index (χ4n) is 2.56. The lowest BCUT2D eigenvalue weighted by atomic mass is 10.2. The monoisotopic (exact) mass is 330 g/mol. The van der Waals surface area contributed by atoms with Crippen molar-refractivity contribution < 1.29 is 14.3 Å². The molecular weight excluding hydrogens is 308 g/mol. The van der Waals surface area contributed by atoms with Gasteiger partial charge in [0.2, 0.25) is 0 Å². The minimum atomic E-state index is -0.0840. The summed E-state index contributed by atoms with van der Waals surface area (Å²) in [6, 6.07) is 7.19. The van der Waals surface area contributed by atoms with Gasteiger partial charge in [-0.15, -0.1) is 0 Å². The van der Waals surface area contributed by atoms with Crippen LogP contribution >= 0.6 is 0 Å². The second-order valence-corrected chi connectivity index (χ2v) is 5.74. The van der Waals surface area contributed by atoms with E-state index in [1.807, 2.05) is 12.1 Å². The molecule has 1 atom stereocenters. The normalized spacial score (nSPS) is 16.9. The number of nitrogens with zero attached hydrogens (tertiary/aromatic N) is 3. The maximum atomic E-state index is 12.1. The van der Waals surface area contributed by atoms with E-state index < -0.39 is 0 Å². The molecule has 1 saturated heterocycles. The Bertz CT molecular complexity index is 622. The molecule has 1 amide bonds. The Morgan fingerprint density at radius 2 is 2.25 bits per heavy atom. The van der Waals surface area contributed by atoms with Crippen LogP contribution in [0.1, 0.15) is 29.6 Å². The molecule has 1 fully saturated rings. The van der Waals surface area contributed by atoms with Crippen LogP contribution in [-0.2, 0) is 11.3 Å². The molecule has 128 valence electrons. The molecule has 2 heterocycles. The summed E-state index contributed by atoms with van der Waals surface area (Å²) in [5, 5.41) is 6.91. The van der Waals surface area contributed by atoms with Gasteiger partial charge in [0.1, 0.15) is 25.0 Å². The van der Waals surface area contributed by atoms with Crippen molar-refractivity contribution in [3.05, 3.63) is 42.5 Å². The molecule has 3 rings (SSSR count). The van der Waals surface area contributed by atoms with Crippen LogP contribution in [0.4, 0.5) is 0 Å². The quantitative estimate of drug-likeness (QED) is 0.745. The van der Waals surface area contributed by atoms with Crippen LogP contribution in [0.2, 0.25) is 0 Å². The number of carbonyl (C=O) groups is 1. The van der Waals surface area contributed by atoms with E-state index in [0.717, 1.165) is 38.2 Å². The van der Waals surface area contributed by atoms with Gasteiger partial charge in [-0.1, -0.05) is 0 Å². The van der Waals surface area contributed by atoms with Crippen molar-refractivity contribution in [1.29, 1.82) is 0 Å². The van der Waals surface area contributed by atoms with Crippen molar-refractivity contribution in [2.45, 2.75) is 31.9 Å². The predicted molar refractivity (Wildman–Crippen MR) is 87.9 cm³/mol. The van der Waals surface area contributed by atoms with Crippen molar-refractivity contribution in [3.8, 4) is 5.75 Å². The van der Waals surface area contributed by atoms with Crippen molar-refractivity contribution in [2.24, 2.45) is 0 Å². The average molecular weight is 330 g/mol. The largest absolute Gasteiger partial charge is 0.491 e. The third kappa shape index (κ3) is 4.79. The Morgan fingerprint density at radius 1 is 1.38 bits per heavy atom. The van der Waals surface area contributed by atoms with E-state index in [9.17, 15) is 4.79 Å². The minimum Gasteiger partial charge on any atom is -0.491 e. The number of benzene rings is 1. The zero-order valence-electron chi connectivity index (χ0n) is 13.6. The van der Waals surface area contributed by atoms with Gasteiger partial charge in [0.25, 0.3) is 5.91 Å². The van der Waals surface area contributed by atoms with Gasteiger partial charge in [0.15, 0.2) is 0 Å². The summed E-state index contributed by atoms with van der Waals surface area (Å²) in [4.78, 5) is 16.0. The van der Waals surface area contributed by atoms with Crippen molar-refractivity contribution in [3.63, 3.8) is 0 Å². The lowest BCUT2D eigenvalue weighted by Gasteiger charge is -2.11. The van der Waals surface area contributed by atoms with E-state index in [2.05, 4.69) is 15.4 Å². The van der Waals surface area contributed by atoms with Crippen LogP contribution in [0.25, 0.3) is 0 Å².